The summed E-state index contributed by atoms with van der Waals surface area (Å²) in [7, 11) is 0. The van der Waals surface area contributed by atoms with E-state index in [1.54, 1.807) is 6.08 Å². The van der Waals surface area contributed by atoms with Crippen LogP contribution in [-0.4, -0.2) is 19.4 Å². The van der Waals surface area contributed by atoms with Crippen molar-refractivity contribution in [1.29, 1.82) is 0 Å². The van der Waals surface area contributed by atoms with Gasteiger partial charge in [0.25, 0.3) is 0 Å². The fourth-order valence-corrected chi connectivity index (χ4v) is 1.67. The third-order valence-electron chi connectivity index (χ3n) is 2.83. The van der Waals surface area contributed by atoms with E-state index in [4.69, 9.17) is 0 Å². The average Bonchev–Trinajstić information content (AvgIpc) is 2.34. The van der Waals surface area contributed by atoms with Crippen LogP contribution >= 0.6 is 0 Å². The first-order valence-corrected chi connectivity index (χ1v) is 6.79. The van der Waals surface area contributed by atoms with E-state index in [-0.39, 0.29) is 0 Å². The number of carbonyl (C=O) groups is 1. The van der Waals surface area contributed by atoms with Crippen molar-refractivity contribution < 1.29 is 4.79 Å². The van der Waals surface area contributed by atoms with Crippen molar-refractivity contribution in [3.05, 3.63) is 36.0 Å². The minimum Gasteiger partial charge on any atom is -0.316 e. The van der Waals surface area contributed by atoms with Crippen LogP contribution in [0.5, 0.6) is 0 Å². The monoisotopic (exact) mass is 249 g/mol. The topological polar surface area (TPSA) is 29.1 Å². The SMILES string of the molecule is C=CCCNCCC/C(C)=C/CC/C(C)=C/C=O. The summed E-state index contributed by atoms with van der Waals surface area (Å²) in [6.07, 6.45) is 12.1. The van der Waals surface area contributed by atoms with Gasteiger partial charge in [0, 0.05) is 0 Å². The molecule has 2 heteroatoms. The van der Waals surface area contributed by atoms with E-state index < -0.39 is 0 Å². The largest absolute Gasteiger partial charge is 0.316 e. The number of nitrogens with one attached hydrogen (secondary N) is 1. The van der Waals surface area contributed by atoms with Gasteiger partial charge in [-0.2, -0.15) is 0 Å². The van der Waals surface area contributed by atoms with Crippen molar-refractivity contribution in [3.8, 4) is 0 Å². The Morgan fingerprint density at radius 3 is 2.56 bits per heavy atom. The second-order valence-electron chi connectivity index (χ2n) is 4.67. The Bertz CT molecular complexity index is 289. The van der Waals surface area contributed by atoms with Crippen LogP contribution < -0.4 is 5.32 Å². The number of carbonyl (C=O) groups excluding carboxylic acids is 1. The summed E-state index contributed by atoms with van der Waals surface area (Å²) < 4.78 is 0. The Morgan fingerprint density at radius 2 is 1.89 bits per heavy atom. The maximum absolute atomic E-state index is 10.3. The van der Waals surface area contributed by atoms with Gasteiger partial charge < -0.3 is 5.32 Å². The maximum Gasteiger partial charge on any atom is 0.142 e. The summed E-state index contributed by atoms with van der Waals surface area (Å²) in [6.45, 7) is 9.98. The first-order chi connectivity index (χ1) is 8.70. The molecule has 0 unspecified atom stereocenters. The first kappa shape index (κ1) is 16.9. The minimum atomic E-state index is 0.862. The van der Waals surface area contributed by atoms with Gasteiger partial charge in [0.1, 0.15) is 6.29 Å². The van der Waals surface area contributed by atoms with Crippen LogP contribution in [0.4, 0.5) is 0 Å². The normalized spacial score (nSPS) is 12.6. The molecule has 0 atom stereocenters. The summed E-state index contributed by atoms with van der Waals surface area (Å²) in [4.78, 5) is 10.3. The van der Waals surface area contributed by atoms with Crippen molar-refractivity contribution in [3.63, 3.8) is 0 Å². The van der Waals surface area contributed by atoms with Crippen LogP contribution in [0.3, 0.4) is 0 Å². The zero-order chi connectivity index (χ0) is 13.6. The molecule has 0 aliphatic carbocycles. The van der Waals surface area contributed by atoms with Gasteiger partial charge in [0.15, 0.2) is 0 Å². The van der Waals surface area contributed by atoms with E-state index in [9.17, 15) is 4.79 Å². The Labute approximate surface area is 112 Å². The summed E-state index contributed by atoms with van der Waals surface area (Å²) >= 11 is 0. The highest BCUT2D eigenvalue weighted by atomic mass is 16.1. The van der Waals surface area contributed by atoms with Crippen LogP contribution in [0.15, 0.2) is 36.0 Å². The molecule has 0 fully saturated rings. The zero-order valence-electron chi connectivity index (χ0n) is 11.9. The third-order valence-corrected chi connectivity index (χ3v) is 2.83. The molecule has 0 radical (unpaired) electrons. The third kappa shape index (κ3) is 11.3. The predicted molar refractivity (Wildman–Crippen MR) is 79.7 cm³/mol. The summed E-state index contributed by atoms with van der Waals surface area (Å²) in [5, 5.41) is 3.39. The first-order valence-electron chi connectivity index (χ1n) is 6.79. The molecule has 2 nitrogen and oxygen atoms in total. The highest BCUT2D eigenvalue weighted by Crippen LogP contribution is 2.09. The van der Waals surface area contributed by atoms with E-state index >= 15 is 0 Å². The number of aldehydes is 1. The second-order valence-corrected chi connectivity index (χ2v) is 4.67. The van der Waals surface area contributed by atoms with Crippen LogP contribution in [0.1, 0.15) is 46.0 Å². The Hall–Kier alpha value is -1.15. The molecule has 0 rings (SSSR count). The van der Waals surface area contributed by atoms with E-state index in [0.717, 1.165) is 50.6 Å². The maximum atomic E-state index is 10.3. The standard InChI is InChI=1S/C16H27NO/c1-4-5-12-17-13-7-10-15(2)8-6-9-16(3)11-14-18/h4,8,11,14,17H,1,5-7,9-10,12-13H2,2-3H3/b15-8+,16-11+. The minimum absolute atomic E-state index is 0.862. The molecule has 0 aromatic carbocycles. The van der Waals surface area contributed by atoms with Gasteiger partial charge in [0.05, 0.1) is 0 Å². The number of rotatable bonds is 11. The van der Waals surface area contributed by atoms with E-state index in [2.05, 4.69) is 24.9 Å². The molecule has 0 aliphatic heterocycles. The number of hydrogen-bond acceptors (Lipinski definition) is 2. The molecule has 0 amide bonds. The summed E-state index contributed by atoms with van der Waals surface area (Å²) in [5.41, 5.74) is 2.60. The van der Waals surface area contributed by atoms with Gasteiger partial charge in [-0.1, -0.05) is 23.3 Å². The summed E-state index contributed by atoms with van der Waals surface area (Å²) in [5.74, 6) is 0. The highest BCUT2D eigenvalue weighted by Gasteiger charge is 1.92. The Balaban J connectivity index is 3.56. The van der Waals surface area contributed by atoms with Gasteiger partial charge in [0.2, 0.25) is 0 Å². The molecule has 0 aromatic heterocycles. The molecule has 0 aromatic rings. The quantitative estimate of drug-likeness (QED) is 0.261. The van der Waals surface area contributed by atoms with Crippen LogP contribution in [0.25, 0.3) is 0 Å². The molecule has 0 spiro atoms. The lowest BCUT2D eigenvalue weighted by Gasteiger charge is -2.04. The van der Waals surface area contributed by atoms with Crippen molar-refractivity contribution in [1.82, 2.24) is 5.32 Å². The predicted octanol–water partition coefficient (Wildman–Crippen LogP) is 3.80. The second kappa shape index (κ2) is 12.3. The van der Waals surface area contributed by atoms with Crippen LogP contribution in [0, 0.1) is 0 Å². The van der Waals surface area contributed by atoms with Crippen molar-refractivity contribution in [2.75, 3.05) is 13.1 Å². The van der Waals surface area contributed by atoms with E-state index in [1.807, 2.05) is 13.0 Å². The Morgan fingerprint density at radius 1 is 1.11 bits per heavy atom. The van der Waals surface area contributed by atoms with Gasteiger partial charge in [-0.3, -0.25) is 4.79 Å². The van der Waals surface area contributed by atoms with Crippen LogP contribution in [-0.2, 0) is 4.79 Å². The lowest BCUT2D eigenvalue weighted by Crippen LogP contribution is -2.15. The fourth-order valence-electron chi connectivity index (χ4n) is 1.67. The Kier molecular flexibility index (Phi) is 11.5. The number of allylic oxidation sites excluding steroid dienone is 4. The van der Waals surface area contributed by atoms with Gasteiger partial charge in [-0.05, 0) is 65.1 Å². The molecular formula is C16H27NO. The van der Waals surface area contributed by atoms with Gasteiger partial charge >= 0.3 is 0 Å². The van der Waals surface area contributed by atoms with Crippen molar-refractivity contribution in [2.24, 2.45) is 0 Å². The fraction of sp³-hybridized carbons (Fsp3) is 0.562. The van der Waals surface area contributed by atoms with Crippen molar-refractivity contribution >= 4 is 6.29 Å². The molecular weight excluding hydrogens is 222 g/mol. The lowest BCUT2D eigenvalue weighted by atomic mass is 10.1. The number of hydrogen-bond donors (Lipinski definition) is 1. The van der Waals surface area contributed by atoms with Crippen molar-refractivity contribution in [2.45, 2.75) is 46.0 Å². The summed E-state index contributed by atoms with van der Waals surface area (Å²) in [6, 6.07) is 0. The molecule has 0 bridgehead atoms. The zero-order valence-corrected chi connectivity index (χ0v) is 11.9. The molecule has 102 valence electrons. The lowest BCUT2D eigenvalue weighted by molar-refractivity contribution is -0.104. The molecule has 18 heavy (non-hydrogen) atoms. The van der Waals surface area contributed by atoms with Crippen LogP contribution in [0.2, 0.25) is 0 Å². The molecule has 0 heterocycles. The molecule has 0 saturated heterocycles. The smallest absolute Gasteiger partial charge is 0.142 e. The molecule has 0 saturated carbocycles. The molecule has 0 aliphatic rings. The highest BCUT2D eigenvalue weighted by molar-refractivity contribution is 5.65. The molecule has 1 N–H and O–H groups in total. The average molecular weight is 249 g/mol. The van der Waals surface area contributed by atoms with E-state index in [0.29, 0.717) is 0 Å². The van der Waals surface area contributed by atoms with Gasteiger partial charge in [-0.25, -0.2) is 0 Å². The van der Waals surface area contributed by atoms with Gasteiger partial charge in [-0.15, -0.1) is 6.58 Å². The van der Waals surface area contributed by atoms with E-state index in [1.165, 1.54) is 12.0 Å².